The number of aromatic nitrogens is 2. The number of nitrogens with zero attached hydrogens (tertiary/aromatic N) is 3. The van der Waals surface area contributed by atoms with Gasteiger partial charge in [-0.1, -0.05) is 26.8 Å². The van der Waals surface area contributed by atoms with Crippen LogP contribution in [0.25, 0.3) is 11.1 Å². The number of hydrogen-bond donors (Lipinski definition) is 1. The molecule has 1 atom stereocenters. The minimum Gasteiger partial charge on any atom is -0.493 e. The van der Waals surface area contributed by atoms with Gasteiger partial charge in [-0.05, 0) is 35.7 Å². The molecule has 0 fully saturated rings. The van der Waals surface area contributed by atoms with Gasteiger partial charge in [0.25, 0.3) is 6.02 Å². The van der Waals surface area contributed by atoms with E-state index in [1.165, 1.54) is 0 Å². The number of amidine groups is 1. The lowest BCUT2D eigenvalue weighted by molar-refractivity contribution is 0.197. The van der Waals surface area contributed by atoms with E-state index in [4.69, 9.17) is 24.9 Å². The summed E-state index contributed by atoms with van der Waals surface area (Å²) in [5.74, 6) is 1.90. The molecule has 0 unspecified atom stereocenters. The van der Waals surface area contributed by atoms with Gasteiger partial charge in [0.05, 0.1) is 12.2 Å². The fourth-order valence-corrected chi connectivity index (χ4v) is 3.79. The first-order valence-electron chi connectivity index (χ1n) is 10.2. The van der Waals surface area contributed by atoms with Gasteiger partial charge in [-0.15, -0.1) is 0 Å². The molecule has 0 bridgehead atoms. The standard InChI is InChI=1S/C24H24N4O3/c1-23(2,3)13-29-17-6-7-20-18(10-17)24(14-30-22(25)28-24)19-9-16(12-27-21(19)31-20)15-5-4-8-26-11-15/h4-12H,13-14H2,1-3H3,(H2,25,28)/t24-/m1/s1. The molecule has 7 heteroatoms. The third-order valence-corrected chi connectivity index (χ3v) is 5.30. The lowest BCUT2D eigenvalue weighted by Crippen LogP contribution is -2.31. The molecular formula is C24H24N4O3. The normalized spacial score (nSPS) is 19.1. The molecule has 0 saturated heterocycles. The summed E-state index contributed by atoms with van der Waals surface area (Å²) in [4.78, 5) is 13.5. The molecule has 0 aliphatic carbocycles. The molecule has 0 radical (unpaired) electrons. The molecule has 2 aromatic heterocycles. The van der Waals surface area contributed by atoms with Gasteiger partial charge in [0.1, 0.15) is 18.1 Å². The van der Waals surface area contributed by atoms with Crippen LogP contribution in [0.2, 0.25) is 0 Å². The van der Waals surface area contributed by atoms with Crippen LogP contribution >= 0.6 is 0 Å². The van der Waals surface area contributed by atoms with Gasteiger partial charge in [-0.3, -0.25) is 4.98 Å². The topological polar surface area (TPSA) is 91.9 Å². The van der Waals surface area contributed by atoms with Crippen molar-refractivity contribution in [2.24, 2.45) is 16.1 Å². The molecule has 0 saturated carbocycles. The minimum absolute atomic E-state index is 0.0400. The van der Waals surface area contributed by atoms with E-state index in [0.717, 1.165) is 28.0 Å². The average molecular weight is 416 g/mol. The van der Waals surface area contributed by atoms with Gasteiger partial charge in [0, 0.05) is 35.3 Å². The monoisotopic (exact) mass is 416 g/mol. The zero-order valence-electron chi connectivity index (χ0n) is 17.8. The van der Waals surface area contributed by atoms with Crippen molar-refractivity contribution >= 4 is 6.02 Å². The second kappa shape index (κ2) is 6.97. The van der Waals surface area contributed by atoms with Gasteiger partial charge >= 0.3 is 0 Å². The van der Waals surface area contributed by atoms with Crippen molar-refractivity contribution in [2.45, 2.75) is 26.3 Å². The van der Waals surface area contributed by atoms with E-state index < -0.39 is 5.54 Å². The Morgan fingerprint density at radius 3 is 2.68 bits per heavy atom. The third-order valence-electron chi connectivity index (χ3n) is 5.30. The van der Waals surface area contributed by atoms with Crippen LogP contribution in [0.5, 0.6) is 17.4 Å². The van der Waals surface area contributed by atoms with Crippen molar-refractivity contribution in [1.29, 1.82) is 0 Å². The van der Waals surface area contributed by atoms with Crippen molar-refractivity contribution in [3.8, 4) is 28.5 Å². The Balaban J connectivity index is 1.63. The van der Waals surface area contributed by atoms with Gasteiger partial charge in [0.2, 0.25) is 5.88 Å². The van der Waals surface area contributed by atoms with Crippen LogP contribution < -0.4 is 15.2 Å². The Bertz CT molecular complexity index is 1170. The second-order valence-electron chi connectivity index (χ2n) is 9.03. The Morgan fingerprint density at radius 2 is 1.97 bits per heavy atom. The fraction of sp³-hybridized carbons (Fsp3) is 0.292. The van der Waals surface area contributed by atoms with Crippen molar-refractivity contribution in [1.82, 2.24) is 9.97 Å². The van der Waals surface area contributed by atoms with Crippen LogP contribution in [0.15, 0.2) is 60.0 Å². The Morgan fingerprint density at radius 1 is 1.10 bits per heavy atom. The van der Waals surface area contributed by atoms with E-state index >= 15 is 0 Å². The molecule has 7 nitrogen and oxygen atoms in total. The number of ether oxygens (including phenoxy) is 3. The molecule has 1 aromatic carbocycles. The van der Waals surface area contributed by atoms with Crippen LogP contribution in [0, 0.1) is 5.41 Å². The zero-order chi connectivity index (χ0) is 21.6. The number of nitrogens with two attached hydrogens (primary N) is 1. The Kier molecular flexibility index (Phi) is 4.36. The number of fused-ring (bicyclic) bond motifs is 4. The molecule has 2 aliphatic rings. The van der Waals surface area contributed by atoms with Gasteiger partial charge < -0.3 is 19.9 Å². The largest absolute Gasteiger partial charge is 0.493 e. The van der Waals surface area contributed by atoms with E-state index in [9.17, 15) is 0 Å². The van der Waals surface area contributed by atoms with Crippen molar-refractivity contribution in [2.75, 3.05) is 13.2 Å². The number of hydrogen-bond acceptors (Lipinski definition) is 7. The highest BCUT2D eigenvalue weighted by Crippen LogP contribution is 2.51. The molecule has 2 N–H and O–H groups in total. The van der Waals surface area contributed by atoms with Gasteiger partial charge in [-0.2, -0.15) is 0 Å². The van der Waals surface area contributed by atoms with Gasteiger partial charge in [0.15, 0.2) is 5.54 Å². The molecule has 5 rings (SSSR count). The van der Waals surface area contributed by atoms with Crippen LogP contribution in [-0.2, 0) is 10.3 Å². The summed E-state index contributed by atoms with van der Waals surface area (Å²) < 4.78 is 17.8. The summed E-state index contributed by atoms with van der Waals surface area (Å²) in [6.45, 7) is 7.25. The molecule has 4 heterocycles. The van der Waals surface area contributed by atoms with Crippen molar-refractivity contribution in [3.63, 3.8) is 0 Å². The summed E-state index contributed by atoms with van der Waals surface area (Å²) >= 11 is 0. The molecule has 31 heavy (non-hydrogen) atoms. The van der Waals surface area contributed by atoms with Crippen LogP contribution in [-0.4, -0.2) is 29.2 Å². The first-order chi connectivity index (χ1) is 14.8. The van der Waals surface area contributed by atoms with E-state index in [1.54, 1.807) is 18.6 Å². The van der Waals surface area contributed by atoms with Crippen LogP contribution in [0.4, 0.5) is 0 Å². The van der Waals surface area contributed by atoms with Crippen molar-refractivity contribution < 1.29 is 14.2 Å². The maximum absolute atomic E-state index is 6.14. The maximum Gasteiger partial charge on any atom is 0.283 e. The first-order valence-corrected chi connectivity index (χ1v) is 10.2. The van der Waals surface area contributed by atoms with Crippen molar-refractivity contribution in [3.05, 3.63) is 66.1 Å². The maximum atomic E-state index is 6.14. The number of rotatable bonds is 3. The average Bonchev–Trinajstić information content (AvgIpc) is 3.15. The van der Waals surface area contributed by atoms with Crippen LogP contribution in [0.1, 0.15) is 31.9 Å². The predicted octanol–water partition coefficient (Wildman–Crippen LogP) is 4.26. The Labute approximate surface area is 180 Å². The van der Waals surface area contributed by atoms with E-state index in [1.807, 2.05) is 36.4 Å². The fourth-order valence-electron chi connectivity index (χ4n) is 3.79. The summed E-state index contributed by atoms with van der Waals surface area (Å²) in [7, 11) is 0. The molecule has 1 spiro atoms. The first kappa shape index (κ1) is 19.4. The number of benzene rings is 1. The van der Waals surface area contributed by atoms with E-state index in [2.05, 4.69) is 30.7 Å². The highest BCUT2D eigenvalue weighted by Gasteiger charge is 2.48. The summed E-state index contributed by atoms with van der Waals surface area (Å²) in [5.41, 5.74) is 8.69. The lowest BCUT2D eigenvalue weighted by Gasteiger charge is -2.33. The SMILES string of the molecule is CC(C)(C)COc1ccc2c(c1)[C@]1(COC(N)=N1)c1cc(-c3cccnc3)cnc1O2. The Hall–Kier alpha value is -3.61. The number of pyridine rings is 2. The molecule has 0 amide bonds. The third kappa shape index (κ3) is 3.46. The zero-order valence-corrected chi connectivity index (χ0v) is 17.8. The second-order valence-corrected chi connectivity index (χ2v) is 9.03. The highest BCUT2D eigenvalue weighted by molar-refractivity contribution is 5.77. The number of aliphatic imine (C=N–C) groups is 1. The summed E-state index contributed by atoms with van der Waals surface area (Å²) in [6, 6.07) is 11.8. The summed E-state index contributed by atoms with van der Waals surface area (Å²) in [5, 5.41) is 0. The molecule has 158 valence electrons. The molecule has 2 aliphatic heterocycles. The van der Waals surface area contributed by atoms with E-state index in [-0.39, 0.29) is 18.0 Å². The predicted molar refractivity (Wildman–Crippen MR) is 117 cm³/mol. The summed E-state index contributed by atoms with van der Waals surface area (Å²) in [6.07, 6.45) is 5.32. The molecule has 3 aromatic rings. The molecular weight excluding hydrogens is 392 g/mol. The van der Waals surface area contributed by atoms with Gasteiger partial charge in [-0.25, -0.2) is 9.98 Å². The smallest absolute Gasteiger partial charge is 0.283 e. The quantitative estimate of drug-likeness (QED) is 0.686. The lowest BCUT2D eigenvalue weighted by atomic mass is 9.81. The highest BCUT2D eigenvalue weighted by atomic mass is 16.5. The van der Waals surface area contributed by atoms with E-state index in [0.29, 0.717) is 18.2 Å². The minimum atomic E-state index is -0.848. The van der Waals surface area contributed by atoms with Crippen LogP contribution in [0.3, 0.4) is 0 Å².